The van der Waals surface area contributed by atoms with Crippen LogP contribution in [-0.2, 0) is 11.2 Å². The molecular weight excluding hydrogens is 338 g/mol. The number of fused-ring (bicyclic) bond motifs is 3. The molecule has 0 radical (unpaired) electrons. The summed E-state index contributed by atoms with van der Waals surface area (Å²) in [6.45, 7) is 6.33. The molecule has 144 valence electrons. The first-order chi connectivity index (χ1) is 12.9. The van der Waals surface area contributed by atoms with Crippen LogP contribution in [0.1, 0.15) is 56.2 Å². The first-order valence-electron chi connectivity index (χ1n) is 9.69. The average Bonchev–Trinajstić information content (AvgIpc) is 2.93. The maximum Gasteiger partial charge on any atom is 0.407 e. The van der Waals surface area contributed by atoms with Gasteiger partial charge in [-0.3, -0.25) is 0 Å². The minimum Gasteiger partial charge on any atom is -0.444 e. The van der Waals surface area contributed by atoms with Crippen LogP contribution < -0.4 is 5.32 Å². The lowest BCUT2D eigenvalue weighted by molar-refractivity contribution is 0.0527. The van der Waals surface area contributed by atoms with Gasteiger partial charge in [-0.25, -0.2) is 4.79 Å². The van der Waals surface area contributed by atoms with Gasteiger partial charge in [0.1, 0.15) is 5.60 Å². The zero-order valence-corrected chi connectivity index (χ0v) is 16.4. The highest BCUT2D eigenvalue weighted by molar-refractivity contribution is 5.79. The van der Waals surface area contributed by atoms with Crippen molar-refractivity contribution in [3.63, 3.8) is 0 Å². The molecular formula is C23H29NO3. The number of carbonyl (C=O) groups is 1. The van der Waals surface area contributed by atoms with Gasteiger partial charge in [0.05, 0.1) is 6.61 Å². The second kappa shape index (κ2) is 8.13. The predicted molar refractivity (Wildman–Crippen MR) is 108 cm³/mol. The fourth-order valence-corrected chi connectivity index (χ4v) is 3.67. The molecule has 2 N–H and O–H groups in total. The summed E-state index contributed by atoms with van der Waals surface area (Å²) in [4.78, 5) is 11.6. The topological polar surface area (TPSA) is 58.6 Å². The summed E-state index contributed by atoms with van der Waals surface area (Å²) in [5.74, 6) is 0.0741. The lowest BCUT2D eigenvalue weighted by Crippen LogP contribution is -2.33. The maximum absolute atomic E-state index is 11.6. The van der Waals surface area contributed by atoms with E-state index in [9.17, 15) is 9.90 Å². The normalized spacial score (nSPS) is 15.2. The summed E-state index contributed by atoms with van der Waals surface area (Å²) in [6, 6.07) is 14.9. The summed E-state index contributed by atoms with van der Waals surface area (Å²) >= 11 is 0. The fourth-order valence-electron chi connectivity index (χ4n) is 3.67. The van der Waals surface area contributed by atoms with E-state index in [0.29, 0.717) is 6.54 Å². The van der Waals surface area contributed by atoms with Crippen LogP contribution in [0.2, 0.25) is 0 Å². The van der Waals surface area contributed by atoms with Crippen LogP contribution in [-0.4, -0.2) is 30.0 Å². The Balaban J connectivity index is 1.53. The van der Waals surface area contributed by atoms with Gasteiger partial charge in [0, 0.05) is 12.5 Å². The third-order valence-corrected chi connectivity index (χ3v) is 4.86. The van der Waals surface area contributed by atoms with Crippen molar-refractivity contribution in [1.82, 2.24) is 5.32 Å². The van der Waals surface area contributed by atoms with Crippen LogP contribution in [0.4, 0.5) is 4.79 Å². The fraction of sp³-hybridized carbons (Fsp3) is 0.435. The Hall–Kier alpha value is -2.33. The number of alkyl carbamates (subject to hydrolysis) is 1. The Bertz CT molecular complexity index is 808. The molecule has 4 heteroatoms. The minimum absolute atomic E-state index is 0.0741. The number of nitrogens with one attached hydrogen (secondary N) is 1. The van der Waals surface area contributed by atoms with E-state index in [1.54, 1.807) is 0 Å². The number of ether oxygens (including phenoxy) is 1. The van der Waals surface area contributed by atoms with Crippen molar-refractivity contribution in [3.05, 3.63) is 59.2 Å². The van der Waals surface area contributed by atoms with Gasteiger partial charge in [-0.05, 0) is 67.9 Å². The lowest BCUT2D eigenvalue weighted by atomic mass is 9.95. The molecule has 1 unspecified atom stereocenters. The van der Waals surface area contributed by atoms with Crippen molar-refractivity contribution in [2.75, 3.05) is 13.2 Å². The van der Waals surface area contributed by atoms with Crippen molar-refractivity contribution in [1.29, 1.82) is 0 Å². The summed E-state index contributed by atoms with van der Waals surface area (Å²) in [5, 5.41) is 12.7. The van der Waals surface area contributed by atoms with Crippen molar-refractivity contribution in [3.8, 4) is 11.1 Å². The number of hydrogen-bond acceptors (Lipinski definition) is 3. The van der Waals surface area contributed by atoms with Crippen LogP contribution in [0.15, 0.2) is 42.5 Å². The van der Waals surface area contributed by atoms with Crippen LogP contribution in [0.5, 0.6) is 0 Å². The molecule has 0 aromatic heterocycles. The van der Waals surface area contributed by atoms with Crippen molar-refractivity contribution < 1.29 is 14.6 Å². The van der Waals surface area contributed by atoms with Gasteiger partial charge in [0.25, 0.3) is 0 Å². The van der Waals surface area contributed by atoms with E-state index in [1.165, 1.54) is 27.8 Å². The molecule has 1 amide bonds. The standard InChI is InChI=1S/C23H29NO3/c1-23(2,3)27-22(26)24-13-7-6-8-16-11-12-19-17-9-4-5-10-18(17)21(15-25)20(19)14-16/h4-5,9-12,14,21,25H,6-8,13,15H2,1-3H3,(H,24,26). The first-order valence-corrected chi connectivity index (χ1v) is 9.69. The number of carbonyl (C=O) groups excluding carboxylic acids is 1. The monoisotopic (exact) mass is 367 g/mol. The van der Waals surface area contributed by atoms with Gasteiger partial charge in [0.2, 0.25) is 0 Å². The Morgan fingerprint density at radius 3 is 2.56 bits per heavy atom. The summed E-state index contributed by atoms with van der Waals surface area (Å²) in [7, 11) is 0. The Kier molecular flexibility index (Phi) is 5.85. The summed E-state index contributed by atoms with van der Waals surface area (Å²) in [6.07, 6.45) is 2.49. The summed E-state index contributed by atoms with van der Waals surface area (Å²) in [5.41, 5.74) is 5.73. The zero-order valence-electron chi connectivity index (χ0n) is 16.4. The molecule has 1 atom stereocenters. The van der Waals surface area contributed by atoms with Crippen LogP contribution in [0.3, 0.4) is 0 Å². The van der Waals surface area contributed by atoms with Gasteiger partial charge < -0.3 is 15.2 Å². The van der Waals surface area contributed by atoms with Gasteiger partial charge in [-0.1, -0.05) is 42.5 Å². The molecule has 0 spiro atoms. The quantitative estimate of drug-likeness (QED) is 0.731. The average molecular weight is 367 g/mol. The molecule has 0 bridgehead atoms. The lowest BCUT2D eigenvalue weighted by Gasteiger charge is -2.19. The van der Waals surface area contributed by atoms with E-state index in [4.69, 9.17) is 4.74 Å². The molecule has 3 rings (SSSR count). The summed E-state index contributed by atoms with van der Waals surface area (Å²) < 4.78 is 5.23. The van der Waals surface area contributed by atoms with Crippen LogP contribution >= 0.6 is 0 Å². The van der Waals surface area contributed by atoms with E-state index in [-0.39, 0.29) is 18.6 Å². The maximum atomic E-state index is 11.6. The molecule has 1 aliphatic carbocycles. The van der Waals surface area contributed by atoms with Gasteiger partial charge in [-0.15, -0.1) is 0 Å². The zero-order chi connectivity index (χ0) is 19.4. The van der Waals surface area contributed by atoms with E-state index in [0.717, 1.165) is 19.3 Å². The molecule has 4 nitrogen and oxygen atoms in total. The molecule has 0 saturated carbocycles. The molecule has 2 aromatic carbocycles. The Labute approximate surface area is 161 Å². The first kappa shape index (κ1) is 19.4. The van der Waals surface area contributed by atoms with E-state index >= 15 is 0 Å². The van der Waals surface area contributed by atoms with Crippen molar-refractivity contribution in [2.45, 2.75) is 51.6 Å². The number of aliphatic hydroxyl groups excluding tert-OH is 1. The third kappa shape index (κ3) is 4.69. The van der Waals surface area contributed by atoms with Gasteiger partial charge in [0.15, 0.2) is 0 Å². The van der Waals surface area contributed by atoms with E-state index in [1.807, 2.05) is 32.9 Å². The number of aryl methyl sites for hydroxylation is 1. The van der Waals surface area contributed by atoms with E-state index < -0.39 is 5.60 Å². The Morgan fingerprint density at radius 2 is 1.81 bits per heavy atom. The number of aliphatic hydroxyl groups is 1. The largest absolute Gasteiger partial charge is 0.444 e. The third-order valence-electron chi connectivity index (χ3n) is 4.86. The second-order valence-electron chi connectivity index (χ2n) is 8.13. The molecule has 1 aliphatic rings. The number of amides is 1. The van der Waals surface area contributed by atoms with Gasteiger partial charge in [-0.2, -0.15) is 0 Å². The second-order valence-corrected chi connectivity index (χ2v) is 8.13. The highest BCUT2D eigenvalue weighted by Gasteiger charge is 2.27. The molecule has 0 fully saturated rings. The minimum atomic E-state index is -0.463. The predicted octanol–water partition coefficient (Wildman–Crippen LogP) is 4.64. The number of hydrogen-bond donors (Lipinski definition) is 2. The molecule has 0 saturated heterocycles. The highest BCUT2D eigenvalue weighted by Crippen LogP contribution is 2.44. The number of benzene rings is 2. The molecule has 2 aromatic rings. The van der Waals surface area contributed by atoms with Crippen LogP contribution in [0.25, 0.3) is 11.1 Å². The number of unbranched alkanes of at least 4 members (excludes halogenated alkanes) is 1. The number of rotatable bonds is 6. The Morgan fingerprint density at radius 1 is 1.07 bits per heavy atom. The van der Waals surface area contributed by atoms with Crippen LogP contribution in [0, 0.1) is 0 Å². The SMILES string of the molecule is CC(C)(C)OC(=O)NCCCCc1ccc2c(c1)C(CO)c1ccccc1-2. The van der Waals surface area contributed by atoms with Crippen molar-refractivity contribution >= 4 is 6.09 Å². The highest BCUT2D eigenvalue weighted by atomic mass is 16.6. The van der Waals surface area contributed by atoms with Gasteiger partial charge >= 0.3 is 6.09 Å². The molecule has 27 heavy (non-hydrogen) atoms. The molecule has 0 aliphatic heterocycles. The van der Waals surface area contributed by atoms with Crippen molar-refractivity contribution in [2.24, 2.45) is 0 Å². The molecule has 0 heterocycles. The smallest absolute Gasteiger partial charge is 0.407 e. The van der Waals surface area contributed by atoms with E-state index in [2.05, 4.69) is 35.6 Å².